The predicted molar refractivity (Wildman–Crippen MR) is 73.4 cm³/mol. The van der Waals surface area contributed by atoms with Gasteiger partial charge in [-0.2, -0.15) is 0 Å². The zero-order chi connectivity index (χ0) is 13.3. The Balaban J connectivity index is 1.78. The monoisotopic (exact) mass is 260 g/mol. The minimum absolute atomic E-state index is 0.282. The summed E-state index contributed by atoms with van der Waals surface area (Å²) < 4.78 is 2.36. The van der Waals surface area contributed by atoms with Gasteiger partial charge < -0.3 is 10.3 Å². The van der Waals surface area contributed by atoms with Crippen molar-refractivity contribution in [3.63, 3.8) is 0 Å². The summed E-state index contributed by atoms with van der Waals surface area (Å²) in [7, 11) is 0. The van der Waals surface area contributed by atoms with E-state index in [1.54, 1.807) is 0 Å². The number of rotatable bonds is 2. The van der Waals surface area contributed by atoms with Crippen LogP contribution in [0.25, 0.3) is 0 Å². The van der Waals surface area contributed by atoms with E-state index in [1.807, 2.05) is 20.2 Å². The van der Waals surface area contributed by atoms with E-state index in [1.165, 1.54) is 38.5 Å². The minimum Gasteiger partial charge on any atom is -0.319 e. The maximum absolute atomic E-state index is 6.30. The number of aromatic nitrogens is 3. The van der Waals surface area contributed by atoms with Crippen molar-refractivity contribution in [3.8, 4) is 0 Å². The largest absolute Gasteiger partial charge is 0.319 e. The molecule has 4 fully saturated rings. The van der Waals surface area contributed by atoms with Gasteiger partial charge in [0.15, 0.2) is 5.82 Å². The minimum atomic E-state index is -0.403. The Hall–Kier alpha value is -0.900. The lowest BCUT2D eigenvalue weighted by Gasteiger charge is -2.57. The highest BCUT2D eigenvalue weighted by atomic mass is 15.3. The Morgan fingerprint density at radius 2 is 1.68 bits per heavy atom. The van der Waals surface area contributed by atoms with Crippen LogP contribution >= 0.6 is 0 Å². The molecule has 2 N–H and O–H groups in total. The molecule has 4 bridgehead atoms. The van der Waals surface area contributed by atoms with E-state index in [2.05, 4.69) is 14.8 Å². The SMILES string of the molecule is CC(C)(N)c1nncn1C12CC3CC(CC(C3)C1)C2. The molecule has 4 aliphatic carbocycles. The molecule has 0 unspecified atom stereocenters. The first-order valence-electron chi connectivity index (χ1n) is 7.66. The quantitative estimate of drug-likeness (QED) is 0.888. The summed E-state index contributed by atoms with van der Waals surface area (Å²) in [6.07, 6.45) is 10.3. The van der Waals surface area contributed by atoms with Gasteiger partial charge in [0.05, 0.1) is 5.54 Å². The molecule has 0 aliphatic heterocycles. The van der Waals surface area contributed by atoms with Crippen molar-refractivity contribution in [2.75, 3.05) is 0 Å². The maximum Gasteiger partial charge on any atom is 0.152 e. The van der Waals surface area contributed by atoms with Crippen molar-refractivity contribution >= 4 is 0 Å². The summed E-state index contributed by atoms with van der Waals surface area (Å²) in [6, 6.07) is 0. The molecule has 4 heteroatoms. The Morgan fingerprint density at radius 3 is 2.16 bits per heavy atom. The third-order valence-corrected chi connectivity index (χ3v) is 5.64. The van der Waals surface area contributed by atoms with Crippen molar-refractivity contribution in [2.24, 2.45) is 23.5 Å². The van der Waals surface area contributed by atoms with Crippen molar-refractivity contribution in [3.05, 3.63) is 12.2 Å². The average Bonchev–Trinajstić information content (AvgIpc) is 2.75. The number of nitrogens with zero attached hydrogens (tertiary/aromatic N) is 3. The van der Waals surface area contributed by atoms with E-state index in [9.17, 15) is 0 Å². The van der Waals surface area contributed by atoms with E-state index < -0.39 is 5.54 Å². The van der Waals surface area contributed by atoms with Gasteiger partial charge in [0.25, 0.3) is 0 Å². The summed E-state index contributed by atoms with van der Waals surface area (Å²) in [4.78, 5) is 0. The summed E-state index contributed by atoms with van der Waals surface area (Å²) >= 11 is 0. The van der Waals surface area contributed by atoms with Crippen LogP contribution in [0.15, 0.2) is 6.33 Å². The van der Waals surface area contributed by atoms with Gasteiger partial charge in [-0.3, -0.25) is 0 Å². The molecule has 5 rings (SSSR count). The fraction of sp³-hybridized carbons (Fsp3) is 0.867. The van der Waals surface area contributed by atoms with Crippen LogP contribution in [0.4, 0.5) is 0 Å². The fourth-order valence-electron chi connectivity index (χ4n) is 5.38. The van der Waals surface area contributed by atoms with E-state index in [0.717, 1.165) is 23.6 Å². The van der Waals surface area contributed by atoms with Crippen LogP contribution in [0.2, 0.25) is 0 Å². The first kappa shape index (κ1) is 11.9. The van der Waals surface area contributed by atoms with Gasteiger partial charge in [-0.05, 0) is 70.1 Å². The molecule has 0 saturated heterocycles. The molecule has 104 valence electrons. The Morgan fingerprint density at radius 1 is 1.16 bits per heavy atom. The van der Waals surface area contributed by atoms with Gasteiger partial charge in [0.2, 0.25) is 0 Å². The molecular weight excluding hydrogens is 236 g/mol. The van der Waals surface area contributed by atoms with Crippen LogP contribution < -0.4 is 5.73 Å². The molecule has 4 aliphatic rings. The van der Waals surface area contributed by atoms with Gasteiger partial charge in [-0.15, -0.1) is 10.2 Å². The fourth-order valence-corrected chi connectivity index (χ4v) is 5.38. The highest BCUT2D eigenvalue weighted by Gasteiger charge is 2.53. The molecular formula is C15H24N4. The van der Waals surface area contributed by atoms with Crippen molar-refractivity contribution in [2.45, 2.75) is 63.5 Å². The smallest absolute Gasteiger partial charge is 0.152 e. The van der Waals surface area contributed by atoms with Gasteiger partial charge in [0.1, 0.15) is 6.33 Å². The zero-order valence-electron chi connectivity index (χ0n) is 12.0. The topological polar surface area (TPSA) is 56.7 Å². The lowest BCUT2D eigenvalue weighted by atomic mass is 9.53. The average molecular weight is 260 g/mol. The molecule has 1 heterocycles. The van der Waals surface area contributed by atoms with E-state index in [0.29, 0.717) is 0 Å². The summed E-state index contributed by atoms with van der Waals surface area (Å²) in [5.41, 5.74) is 6.18. The number of nitrogens with two attached hydrogens (primary N) is 1. The van der Waals surface area contributed by atoms with Crippen LogP contribution in [0.5, 0.6) is 0 Å². The van der Waals surface area contributed by atoms with Crippen LogP contribution in [0, 0.1) is 17.8 Å². The molecule has 0 atom stereocenters. The standard InChI is InChI=1S/C15H24N4/c1-14(2,16)13-18-17-9-19(13)15-6-10-3-11(7-15)5-12(4-10)8-15/h9-12H,3-8,16H2,1-2H3. The van der Waals surface area contributed by atoms with Gasteiger partial charge in [-0.1, -0.05) is 0 Å². The Bertz CT molecular complexity index is 461. The Labute approximate surface area is 114 Å². The third-order valence-electron chi connectivity index (χ3n) is 5.64. The summed E-state index contributed by atoms with van der Waals surface area (Å²) in [6.45, 7) is 4.07. The predicted octanol–water partition coefficient (Wildman–Crippen LogP) is 2.40. The van der Waals surface area contributed by atoms with Gasteiger partial charge in [0, 0.05) is 5.54 Å². The molecule has 19 heavy (non-hydrogen) atoms. The second-order valence-corrected chi connectivity index (χ2v) is 7.89. The maximum atomic E-state index is 6.30. The highest BCUT2D eigenvalue weighted by Crippen LogP contribution is 2.59. The third kappa shape index (κ3) is 1.69. The van der Waals surface area contributed by atoms with Gasteiger partial charge >= 0.3 is 0 Å². The molecule has 1 aromatic rings. The molecule has 0 aromatic carbocycles. The summed E-state index contributed by atoms with van der Waals surface area (Å²) in [5, 5.41) is 8.51. The molecule has 4 saturated carbocycles. The van der Waals surface area contributed by atoms with E-state index in [4.69, 9.17) is 5.73 Å². The number of hydrogen-bond acceptors (Lipinski definition) is 3. The zero-order valence-corrected chi connectivity index (χ0v) is 12.0. The lowest BCUT2D eigenvalue weighted by Crippen LogP contribution is -2.53. The number of hydrogen-bond donors (Lipinski definition) is 1. The first-order chi connectivity index (χ1) is 8.96. The summed E-state index contributed by atoms with van der Waals surface area (Å²) in [5.74, 6) is 3.77. The van der Waals surface area contributed by atoms with E-state index in [-0.39, 0.29) is 5.54 Å². The second-order valence-electron chi connectivity index (χ2n) is 7.89. The van der Waals surface area contributed by atoms with Gasteiger partial charge in [-0.25, -0.2) is 0 Å². The molecule has 1 aromatic heterocycles. The highest BCUT2D eigenvalue weighted by molar-refractivity contribution is 5.11. The van der Waals surface area contributed by atoms with Crippen LogP contribution in [0.3, 0.4) is 0 Å². The molecule has 0 radical (unpaired) electrons. The molecule has 0 spiro atoms. The molecule has 0 amide bonds. The van der Waals surface area contributed by atoms with E-state index >= 15 is 0 Å². The van der Waals surface area contributed by atoms with Crippen LogP contribution in [0.1, 0.15) is 58.2 Å². The molecule has 4 nitrogen and oxygen atoms in total. The van der Waals surface area contributed by atoms with Crippen LogP contribution in [-0.4, -0.2) is 14.8 Å². The van der Waals surface area contributed by atoms with Crippen molar-refractivity contribution < 1.29 is 0 Å². The Kier molecular flexibility index (Phi) is 2.25. The lowest BCUT2D eigenvalue weighted by molar-refractivity contribution is -0.0457. The second kappa shape index (κ2) is 3.60. The first-order valence-corrected chi connectivity index (χ1v) is 7.66. The van der Waals surface area contributed by atoms with Crippen molar-refractivity contribution in [1.29, 1.82) is 0 Å². The van der Waals surface area contributed by atoms with Crippen molar-refractivity contribution in [1.82, 2.24) is 14.8 Å². The van der Waals surface area contributed by atoms with Crippen LogP contribution in [-0.2, 0) is 11.1 Å². The normalized spacial score (nSPS) is 40.9.